The Bertz CT molecular complexity index is 345. The van der Waals surface area contributed by atoms with Crippen LogP contribution in [-0.4, -0.2) is 19.7 Å². The van der Waals surface area contributed by atoms with Gasteiger partial charge in [0, 0.05) is 6.61 Å². The van der Waals surface area contributed by atoms with Gasteiger partial charge in [0.15, 0.2) is 0 Å². The van der Waals surface area contributed by atoms with Crippen LogP contribution in [0.25, 0.3) is 0 Å². The van der Waals surface area contributed by atoms with Gasteiger partial charge >= 0.3 is 5.97 Å². The zero-order chi connectivity index (χ0) is 12.0. The summed E-state index contributed by atoms with van der Waals surface area (Å²) in [6, 6.07) is 7.34. The summed E-state index contributed by atoms with van der Waals surface area (Å²) in [5.41, 5.74) is 1.45. The van der Waals surface area contributed by atoms with Crippen molar-refractivity contribution in [3.63, 3.8) is 0 Å². The number of hydrogen-bond acceptors (Lipinski definition) is 3. The minimum absolute atomic E-state index is 0.316. The molecule has 0 saturated heterocycles. The smallest absolute Gasteiger partial charge is 0.338 e. The van der Waals surface area contributed by atoms with E-state index in [0.29, 0.717) is 24.7 Å². The van der Waals surface area contributed by atoms with Crippen molar-refractivity contribution in [1.29, 1.82) is 0 Å². The molecule has 0 heterocycles. The molecule has 0 saturated carbocycles. The van der Waals surface area contributed by atoms with E-state index in [1.54, 1.807) is 6.07 Å². The van der Waals surface area contributed by atoms with Crippen molar-refractivity contribution in [3.05, 3.63) is 35.4 Å². The van der Waals surface area contributed by atoms with Crippen molar-refractivity contribution in [2.45, 2.75) is 20.5 Å². The zero-order valence-electron chi connectivity index (χ0n) is 10.0. The van der Waals surface area contributed by atoms with E-state index in [4.69, 9.17) is 9.47 Å². The summed E-state index contributed by atoms with van der Waals surface area (Å²) in [5.74, 6) is 0.175. The van der Waals surface area contributed by atoms with E-state index in [0.717, 1.165) is 5.56 Å². The molecule has 3 nitrogen and oxygen atoms in total. The summed E-state index contributed by atoms with van der Waals surface area (Å²) < 4.78 is 10.2. The first-order valence-corrected chi connectivity index (χ1v) is 5.39. The molecule has 1 rings (SSSR count). The van der Waals surface area contributed by atoms with Crippen LogP contribution in [0.15, 0.2) is 24.3 Å². The summed E-state index contributed by atoms with van der Waals surface area (Å²) in [4.78, 5) is 11.5. The summed E-state index contributed by atoms with van der Waals surface area (Å²) in [6.45, 7) is 5.32. The summed E-state index contributed by atoms with van der Waals surface area (Å²) in [5, 5.41) is 0. The highest BCUT2D eigenvalue weighted by atomic mass is 16.5. The van der Waals surface area contributed by atoms with Crippen molar-refractivity contribution >= 4 is 5.97 Å². The Morgan fingerprint density at radius 1 is 1.31 bits per heavy atom. The Labute approximate surface area is 96.4 Å². The molecule has 0 N–H and O–H groups in total. The van der Waals surface area contributed by atoms with Gasteiger partial charge in [-0.3, -0.25) is 0 Å². The van der Waals surface area contributed by atoms with Gasteiger partial charge in [0.25, 0.3) is 0 Å². The molecule has 3 heteroatoms. The van der Waals surface area contributed by atoms with Gasteiger partial charge in [0.2, 0.25) is 0 Å². The molecule has 88 valence electrons. The fourth-order valence-electron chi connectivity index (χ4n) is 1.36. The largest absolute Gasteiger partial charge is 0.465 e. The molecule has 0 amide bonds. The van der Waals surface area contributed by atoms with E-state index < -0.39 is 0 Å². The minimum atomic E-state index is -0.316. The van der Waals surface area contributed by atoms with Gasteiger partial charge in [-0.25, -0.2) is 4.79 Å². The standard InChI is InChI=1S/C13H18O3/c1-10(2)8-16-9-11-6-4-5-7-12(11)13(14)15-3/h4-7,10H,8-9H2,1-3H3. The van der Waals surface area contributed by atoms with Crippen LogP contribution >= 0.6 is 0 Å². The molecule has 1 aromatic carbocycles. The highest BCUT2D eigenvalue weighted by Gasteiger charge is 2.10. The van der Waals surface area contributed by atoms with Crippen molar-refractivity contribution < 1.29 is 14.3 Å². The van der Waals surface area contributed by atoms with Crippen molar-refractivity contribution in [2.75, 3.05) is 13.7 Å². The fraction of sp³-hybridized carbons (Fsp3) is 0.462. The second-order valence-electron chi connectivity index (χ2n) is 4.06. The number of carbonyl (C=O) groups excluding carboxylic acids is 1. The quantitative estimate of drug-likeness (QED) is 0.718. The second kappa shape index (κ2) is 6.28. The Morgan fingerprint density at radius 2 is 2.00 bits per heavy atom. The zero-order valence-corrected chi connectivity index (χ0v) is 10.0. The monoisotopic (exact) mass is 222 g/mol. The molecule has 0 radical (unpaired) electrons. The molecule has 0 aliphatic carbocycles. The van der Waals surface area contributed by atoms with Crippen molar-refractivity contribution in [3.8, 4) is 0 Å². The minimum Gasteiger partial charge on any atom is -0.465 e. The van der Waals surface area contributed by atoms with Gasteiger partial charge < -0.3 is 9.47 Å². The van der Waals surface area contributed by atoms with E-state index >= 15 is 0 Å². The lowest BCUT2D eigenvalue weighted by molar-refractivity contribution is 0.0588. The molecule has 0 unspecified atom stereocenters. The average molecular weight is 222 g/mol. The van der Waals surface area contributed by atoms with Crippen LogP contribution in [0.1, 0.15) is 29.8 Å². The second-order valence-corrected chi connectivity index (χ2v) is 4.06. The normalized spacial score (nSPS) is 10.5. The third kappa shape index (κ3) is 3.66. The highest BCUT2D eigenvalue weighted by molar-refractivity contribution is 5.90. The number of hydrogen-bond donors (Lipinski definition) is 0. The predicted octanol–water partition coefficient (Wildman–Crippen LogP) is 2.65. The number of methoxy groups -OCH3 is 1. The Kier molecular flexibility index (Phi) is 4.99. The van der Waals surface area contributed by atoms with Crippen LogP contribution in [0.4, 0.5) is 0 Å². The number of benzene rings is 1. The maximum Gasteiger partial charge on any atom is 0.338 e. The SMILES string of the molecule is COC(=O)c1ccccc1COCC(C)C. The van der Waals surface area contributed by atoms with E-state index in [1.807, 2.05) is 18.2 Å². The topological polar surface area (TPSA) is 35.5 Å². The molecule has 0 fully saturated rings. The van der Waals surface area contributed by atoms with Crippen molar-refractivity contribution in [2.24, 2.45) is 5.92 Å². The predicted molar refractivity (Wildman–Crippen MR) is 62.3 cm³/mol. The first kappa shape index (κ1) is 12.7. The Balaban J connectivity index is 2.67. The van der Waals surface area contributed by atoms with Gasteiger partial charge in [-0.05, 0) is 17.5 Å². The van der Waals surface area contributed by atoms with Crippen LogP contribution in [0.5, 0.6) is 0 Å². The van der Waals surface area contributed by atoms with Gasteiger partial charge in [0.05, 0.1) is 19.3 Å². The molecule has 0 aromatic heterocycles. The van der Waals surface area contributed by atoms with Crippen LogP contribution in [0.2, 0.25) is 0 Å². The number of ether oxygens (including phenoxy) is 2. The van der Waals surface area contributed by atoms with E-state index in [9.17, 15) is 4.79 Å². The Hall–Kier alpha value is -1.35. The molecule has 0 aliphatic heterocycles. The molecule has 16 heavy (non-hydrogen) atoms. The van der Waals surface area contributed by atoms with E-state index in [2.05, 4.69) is 13.8 Å². The summed E-state index contributed by atoms with van der Waals surface area (Å²) in [7, 11) is 1.38. The molecule has 0 aliphatic rings. The average Bonchev–Trinajstić information content (AvgIpc) is 2.28. The van der Waals surface area contributed by atoms with Gasteiger partial charge in [-0.1, -0.05) is 32.0 Å². The van der Waals surface area contributed by atoms with Crippen LogP contribution < -0.4 is 0 Å². The third-order valence-corrected chi connectivity index (χ3v) is 2.13. The summed E-state index contributed by atoms with van der Waals surface area (Å²) in [6.07, 6.45) is 0. The molecule has 0 spiro atoms. The van der Waals surface area contributed by atoms with Gasteiger partial charge in [0.1, 0.15) is 0 Å². The Morgan fingerprint density at radius 3 is 2.62 bits per heavy atom. The molecular formula is C13H18O3. The maximum absolute atomic E-state index is 11.5. The van der Waals surface area contributed by atoms with Gasteiger partial charge in [-0.2, -0.15) is 0 Å². The lowest BCUT2D eigenvalue weighted by Gasteiger charge is -2.09. The highest BCUT2D eigenvalue weighted by Crippen LogP contribution is 2.11. The number of rotatable bonds is 5. The fourth-order valence-corrected chi connectivity index (χ4v) is 1.36. The van der Waals surface area contributed by atoms with E-state index in [1.165, 1.54) is 7.11 Å². The lowest BCUT2D eigenvalue weighted by atomic mass is 10.1. The van der Waals surface area contributed by atoms with Crippen LogP contribution in [0, 0.1) is 5.92 Å². The number of esters is 1. The molecule has 0 bridgehead atoms. The van der Waals surface area contributed by atoms with Crippen LogP contribution in [0.3, 0.4) is 0 Å². The van der Waals surface area contributed by atoms with Crippen molar-refractivity contribution in [1.82, 2.24) is 0 Å². The first-order chi connectivity index (χ1) is 7.65. The van der Waals surface area contributed by atoms with E-state index in [-0.39, 0.29) is 5.97 Å². The third-order valence-electron chi connectivity index (χ3n) is 2.13. The van der Waals surface area contributed by atoms with Gasteiger partial charge in [-0.15, -0.1) is 0 Å². The molecular weight excluding hydrogens is 204 g/mol. The summed E-state index contributed by atoms with van der Waals surface area (Å²) >= 11 is 0. The lowest BCUT2D eigenvalue weighted by Crippen LogP contribution is -2.08. The van der Waals surface area contributed by atoms with Crippen LogP contribution in [-0.2, 0) is 16.1 Å². The molecule has 1 aromatic rings. The maximum atomic E-state index is 11.5. The number of carbonyl (C=O) groups is 1. The first-order valence-electron chi connectivity index (χ1n) is 5.39. The molecule has 0 atom stereocenters.